The molecule has 0 aromatic rings. The Kier molecular flexibility index (Phi) is 4.15. The highest BCUT2D eigenvalue weighted by Crippen LogP contribution is 2.70. The van der Waals surface area contributed by atoms with Crippen molar-refractivity contribution in [1.82, 2.24) is 0 Å². The van der Waals surface area contributed by atoms with Crippen molar-refractivity contribution in [3.05, 3.63) is 11.6 Å². The number of fused-ring (bicyclic) bond motifs is 7. The van der Waals surface area contributed by atoms with Gasteiger partial charge in [-0.05, 0) is 67.8 Å². The normalized spacial score (nSPS) is 51.2. The first kappa shape index (κ1) is 20.2. The van der Waals surface area contributed by atoms with Gasteiger partial charge in [0.15, 0.2) is 5.78 Å². The fourth-order valence-electron chi connectivity index (χ4n) is 8.02. The largest absolute Gasteiger partial charge is 0.481 e. The topological polar surface area (TPSA) is 124 Å². The third kappa shape index (κ3) is 2.42. The summed E-state index contributed by atoms with van der Waals surface area (Å²) in [4.78, 5) is 35.8. The highest BCUT2D eigenvalue weighted by Gasteiger charge is 2.71. The van der Waals surface area contributed by atoms with E-state index in [1.165, 1.54) is 0 Å². The van der Waals surface area contributed by atoms with Crippen LogP contribution in [0.1, 0.15) is 58.8 Å². The van der Waals surface area contributed by atoms with Crippen LogP contribution in [0.2, 0.25) is 0 Å². The van der Waals surface area contributed by atoms with E-state index in [1.807, 2.05) is 6.92 Å². The van der Waals surface area contributed by atoms with E-state index in [-0.39, 0.29) is 54.0 Å². The summed E-state index contributed by atoms with van der Waals surface area (Å²) < 4.78 is 5.79. The van der Waals surface area contributed by atoms with Crippen molar-refractivity contribution in [2.45, 2.75) is 76.6 Å². The van der Waals surface area contributed by atoms with Gasteiger partial charge in [-0.3, -0.25) is 14.4 Å². The fraction of sp³-hybridized carbons (Fsp3) is 0.783. The summed E-state index contributed by atoms with van der Waals surface area (Å²) in [6.07, 6.45) is 4.28. The summed E-state index contributed by atoms with van der Waals surface area (Å²) in [5.74, 6) is -2.41. The molecule has 1 aliphatic heterocycles. The van der Waals surface area contributed by atoms with Crippen molar-refractivity contribution >= 4 is 17.7 Å². The lowest BCUT2D eigenvalue weighted by Gasteiger charge is -2.60. The number of epoxide rings is 1. The Morgan fingerprint density at radius 3 is 2.53 bits per heavy atom. The molecule has 1 saturated heterocycles. The number of hydrogen-bond donors (Lipinski definition) is 3. The zero-order chi connectivity index (χ0) is 21.6. The Bertz CT molecular complexity index is 864. The highest BCUT2D eigenvalue weighted by molar-refractivity contribution is 5.98. The molecular weight excluding hydrogens is 388 g/mol. The number of ether oxygens (including phenoxy) is 1. The van der Waals surface area contributed by atoms with Crippen molar-refractivity contribution in [2.24, 2.45) is 34.5 Å². The zero-order valence-corrected chi connectivity index (χ0v) is 17.5. The first-order valence-corrected chi connectivity index (χ1v) is 11.1. The van der Waals surface area contributed by atoms with Gasteiger partial charge in [-0.2, -0.15) is 0 Å². The van der Waals surface area contributed by atoms with Gasteiger partial charge >= 0.3 is 11.9 Å². The molecule has 3 saturated carbocycles. The lowest BCUT2D eigenvalue weighted by Crippen LogP contribution is -2.59. The average molecular weight is 418 g/mol. The molecule has 0 aromatic heterocycles. The van der Waals surface area contributed by atoms with Crippen molar-refractivity contribution in [2.75, 3.05) is 0 Å². The van der Waals surface area contributed by atoms with Crippen molar-refractivity contribution in [3.8, 4) is 0 Å². The van der Waals surface area contributed by atoms with Gasteiger partial charge in [0.25, 0.3) is 0 Å². The maximum Gasteiger partial charge on any atom is 0.307 e. The average Bonchev–Trinajstić information content (AvgIpc) is 3.44. The molecule has 7 heteroatoms. The Morgan fingerprint density at radius 2 is 1.87 bits per heavy atom. The first-order chi connectivity index (χ1) is 14.0. The van der Waals surface area contributed by atoms with Gasteiger partial charge in [-0.25, -0.2) is 0 Å². The SMILES string of the molecule is C[C@]12CC[C@H]3[C@@H](C(C(=O)O)CC4=CC(=O)C5OC5[C@@]43C)[C@@H]1CC[C@]2(O)CCC(=O)O. The molecule has 1 heterocycles. The van der Waals surface area contributed by atoms with Crippen molar-refractivity contribution in [3.63, 3.8) is 0 Å². The number of carbonyl (C=O) groups is 3. The third-order valence-corrected chi connectivity index (χ3v) is 9.77. The number of rotatable bonds is 4. The molecule has 7 nitrogen and oxygen atoms in total. The minimum absolute atomic E-state index is 0.0179. The van der Waals surface area contributed by atoms with Crippen LogP contribution in [0.5, 0.6) is 0 Å². The number of aliphatic carboxylic acids is 2. The minimum atomic E-state index is -1.08. The molecule has 3 unspecified atom stereocenters. The third-order valence-electron chi connectivity index (χ3n) is 9.77. The smallest absolute Gasteiger partial charge is 0.307 e. The second-order valence-electron chi connectivity index (χ2n) is 10.7. The summed E-state index contributed by atoms with van der Waals surface area (Å²) in [7, 11) is 0. The Labute approximate surface area is 175 Å². The number of carboxylic acids is 2. The van der Waals surface area contributed by atoms with E-state index in [0.29, 0.717) is 19.3 Å². The molecule has 164 valence electrons. The Morgan fingerprint density at radius 1 is 1.17 bits per heavy atom. The molecule has 0 amide bonds. The Balaban J connectivity index is 1.54. The summed E-state index contributed by atoms with van der Waals surface area (Å²) in [5.41, 5.74) is -0.994. The molecule has 5 aliphatic rings. The van der Waals surface area contributed by atoms with E-state index < -0.39 is 28.9 Å². The van der Waals surface area contributed by atoms with E-state index in [0.717, 1.165) is 18.4 Å². The second kappa shape index (κ2) is 6.16. The second-order valence-corrected chi connectivity index (χ2v) is 10.7. The van der Waals surface area contributed by atoms with E-state index in [4.69, 9.17) is 9.84 Å². The van der Waals surface area contributed by atoms with Crippen LogP contribution in [0.4, 0.5) is 0 Å². The van der Waals surface area contributed by atoms with Gasteiger partial charge in [0, 0.05) is 11.8 Å². The fourth-order valence-corrected chi connectivity index (χ4v) is 8.02. The standard InChI is InChI=1S/C23H30O7/c1-21-6-3-14-17(13(21)4-7-23(21,29)8-5-16(25)26)12(20(27)28)9-11-10-15(24)18-19(30-18)22(11,14)2/h10,12-14,17-19,29H,3-9H2,1-2H3,(H,25,26)(H,27,28)/t12?,13-,14-,17-,18?,19?,21-,22-,23-/m0/s1. The van der Waals surface area contributed by atoms with Crippen LogP contribution >= 0.6 is 0 Å². The van der Waals surface area contributed by atoms with Crippen LogP contribution in [0.25, 0.3) is 0 Å². The lowest BCUT2D eigenvalue weighted by atomic mass is 9.44. The maximum atomic E-state index is 12.3. The summed E-state index contributed by atoms with van der Waals surface area (Å²) in [6, 6.07) is 0. The van der Waals surface area contributed by atoms with Crippen LogP contribution in [-0.2, 0) is 19.1 Å². The zero-order valence-electron chi connectivity index (χ0n) is 17.5. The van der Waals surface area contributed by atoms with Gasteiger partial charge < -0.3 is 20.1 Å². The van der Waals surface area contributed by atoms with Crippen molar-refractivity contribution in [1.29, 1.82) is 0 Å². The Hall–Kier alpha value is -1.73. The van der Waals surface area contributed by atoms with Gasteiger partial charge in [0.1, 0.15) is 12.2 Å². The van der Waals surface area contributed by atoms with Gasteiger partial charge in [-0.15, -0.1) is 0 Å². The van der Waals surface area contributed by atoms with Crippen LogP contribution in [-0.4, -0.2) is 50.9 Å². The molecule has 4 fully saturated rings. The van der Waals surface area contributed by atoms with Gasteiger partial charge in [-0.1, -0.05) is 19.4 Å². The van der Waals surface area contributed by atoms with Crippen LogP contribution in [0.15, 0.2) is 11.6 Å². The van der Waals surface area contributed by atoms with E-state index in [2.05, 4.69) is 6.92 Å². The van der Waals surface area contributed by atoms with E-state index in [1.54, 1.807) is 6.08 Å². The highest BCUT2D eigenvalue weighted by atomic mass is 16.6. The molecule has 3 N–H and O–H groups in total. The summed E-state index contributed by atoms with van der Waals surface area (Å²) in [6.45, 7) is 4.18. The molecule has 0 radical (unpaired) electrons. The minimum Gasteiger partial charge on any atom is -0.481 e. The number of hydrogen-bond acceptors (Lipinski definition) is 5. The molecule has 0 bridgehead atoms. The molecule has 4 aliphatic carbocycles. The predicted molar refractivity (Wildman–Crippen MR) is 104 cm³/mol. The molecule has 30 heavy (non-hydrogen) atoms. The lowest BCUT2D eigenvalue weighted by molar-refractivity contribution is -0.167. The van der Waals surface area contributed by atoms with Gasteiger partial charge in [0.2, 0.25) is 0 Å². The monoisotopic (exact) mass is 418 g/mol. The van der Waals surface area contributed by atoms with Crippen LogP contribution in [0.3, 0.4) is 0 Å². The molecule has 0 spiro atoms. The molecule has 5 rings (SSSR count). The summed E-state index contributed by atoms with van der Waals surface area (Å²) >= 11 is 0. The van der Waals surface area contributed by atoms with Crippen LogP contribution < -0.4 is 0 Å². The van der Waals surface area contributed by atoms with E-state index >= 15 is 0 Å². The van der Waals surface area contributed by atoms with Gasteiger partial charge in [0.05, 0.1) is 11.5 Å². The summed E-state index contributed by atoms with van der Waals surface area (Å²) in [5, 5.41) is 30.8. The number of carbonyl (C=O) groups excluding carboxylic acids is 1. The predicted octanol–water partition coefficient (Wildman–Crippen LogP) is 2.41. The van der Waals surface area contributed by atoms with E-state index in [9.17, 15) is 24.6 Å². The van der Waals surface area contributed by atoms with Crippen molar-refractivity contribution < 1.29 is 34.4 Å². The molecule has 9 atom stereocenters. The number of ketones is 1. The van der Waals surface area contributed by atoms with Crippen LogP contribution in [0, 0.1) is 34.5 Å². The molecule has 0 aromatic carbocycles. The quantitative estimate of drug-likeness (QED) is 0.599. The number of aliphatic hydroxyl groups is 1. The maximum absolute atomic E-state index is 12.3. The molecular formula is C23H30O7. The number of carboxylic acid groups (broad SMARTS) is 2. The first-order valence-electron chi connectivity index (χ1n) is 11.1.